The van der Waals surface area contributed by atoms with Gasteiger partial charge in [-0.05, 0) is 65.7 Å². The van der Waals surface area contributed by atoms with Crippen LogP contribution in [-0.4, -0.2) is 51.0 Å². The van der Waals surface area contributed by atoms with Gasteiger partial charge in [0.1, 0.15) is 23.4 Å². The molecule has 11 heteroatoms. The molecule has 0 aromatic heterocycles. The van der Waals surface area contributed by atoms with Crippen molar-refractivity contribution in [2.24, 2.45) is 5.73 Å². The zero-order chi connectivity index (χ0) is 30.4. The maximum absolute atomic E-state index is 14.3. The Balaban J connectivity index is 2.70. The number of phenolic OH excluding ortho intramolecular Hbond substituents is 1. The molecule has 0 saturated carbocycles. The third kappa shape index (κ3) is 8.35. The molecule has 0 heterocycles. The maximum atomic E-state index is 14.3. The van der Waals surface area contributed by atoms with E-state index in [1.807, 2.05) is 6.92 Å². The van der Waals surface area contributed by atoms with Gasteiger partial charge in [0, 0.05) is 11.1 Å². The minimum absolute atomic E-state index is 0.134. The van der Waals surface area contributed by atoms with Crippen LogP contribution in [0.2, 0.25) is 5.02 Å². The molecule has 0 fully saturated rings. The first-order valence-corrected chi connectivity index (χ1v) is 13.3. The molecule has 0 aliphatic heterocycles. The third-order valence-corrected chi connectivity index (χ3v) is 6.67. The van der Waals surface area contributed by atoms with Crippen LogP contribution in [0.3, 0.4) is 0 Å². The van der Waals surface area contributed by atoms with Crippen LogP contribution < -0.4 is 16.4 Å². The summed E-state index contributed by atoms with van der Waals surface area (Å²) in [5.74, 6) is -2.51. The lowest BCUT2D eigenvalue weighted by molar-refractivity contribution is -0.148. The number of amides is 4. The van der Waals surface area contributed by atoms with Gasteiger partial charge in [0.05, 0.1) is 17.1 Å². The molecule has 0 radical (unpaired) electrons. The van der Waals surface area contributed by atoms with Gasteiger partial charge in [-0.25, -0.2) is 4.79 Å². The summed E-state index contributed by atoms with van der Waals surface area (Å²) in [6, 6.07) is 8.40. The predicted octanol–water partition coefficient (Wildman–Crippen LogP) is 4.82. The highest BCUT2D eigenvalue weighted by molar-refractivity contribution is 6.34. The molecule has 0 bridgehead atoms. The molecule has 2 atom stereocenters. The molecule has 10 nitrogen and oxygen atoms in total. The van der Waals surface area contributed by atoms with Crippen LogP contribution in [-0.2, 0) is 19.1 Å². The summed E-state index contributed by atoms with van der Waals surface area (Å²) in [5.41, 5.74) is 4.72. The molecule has 2 aromatic rings. The second-order valence-electron chi connectivity index (χ2n) is 11.1. The van der Waals surface area contributed by atoms with E-state index in [1.165, 1.54) is 17.0 Å². The van der Waals surface area contributed by atoms with E-state index in [-0.39, 0.29) is 16.3 Å². The molecule has 4 amide bonds. The number of anilines is 1. The van der Waals surface area contributed by atoms with Crippen molar-refractivity contribution in [3.63, 3.8) is 0 Å². The van der Waals surface area contributed by atoms with Crippen molar-refractivity contribution < 1.29 is 29.0 Å². The first-order valence-electron chi connectivity index (χ1n) is 12.9. The minimum Gasteiger partial charge on any atom is -0.508 e. The van der Waals surface area contributed by atoms with Crippen LogP contribution >= 0.6 is 11.6 Å². The van der Waals surface area contributed by atoms with E-state index in [0.29, 0.717) is 17.7 Å². The van der Waals surface area contributed by atoms with Gasteiger partial charge in [0.2, 0.25) is 11.8 Å². The Labute approximate surface area is 240 Å². The fourth-order valence-corrected chi connectivity index (χ4v) is 4.33. The summed E-state index contributed by atoms with van der Waals surface area (Å²) in [7, 11) is 0. The average Bonchev–Trinajstić information content (AvgIpc) is 2.83. The first-order chi connectivity index (χ1) is 18.5. The highest BCUT2D eigenvalue weighted by atomic mass is 35.5. The van der Waals surface area contributed by atoms with Gasteiger partial charge in [0.15, 0.2) is 0 Å². The number of para-hydroxylation sites is 2. The number of ether oxygens (including phenoxy) is 1. The SMILES string of the molecule is CCC(C)(C)N(C(=O)C(CC(N)=O)NC(=O)OC(C)(C)C)C(C(=O)Nc1c(C)cccc1Cl)c1ccccc1O. The van der Waals surface area contributed by atoms with E-state index < -0.39 is 53.5 Å². The van der Waals surface area contributed by atoms with Crippen molar-refractivity contribution in [1.29, 1.82) is 0 Å². The predicted molar refractivity (Wildman–Crippen MR) is 154 cm³/mol. The van der Waals surface area contributed by atoms with Crippen LogP contribution in [0.4, 0.5) is 10.5 Å². The third-order valence-electron chi connectivity index (χ3n) is 6.36. The number of nitrogens with two attached hydrogens (primary N) is 1. The van der Waals surface area contributed by atoms with Crippen molar-refractivity contribution in [3.8, 4) is 5.75 Å². The van der Waals surface area contributed by atoms with Gasteiger partial charge in [-0.2, -0.15) is 0 Å². The first kappa shape index (κ1) is 32.4. The maximum Gasteiger partial charge on any atom is 0.408 e. The molecule has 40 heavy (non-hydrogen) atoms. The summed E-state index contributed by atoms with van der Waals surface area (Å²) >= 11 is 6.38. The summed E-state index contributed by atoms with van der Waals surface area (Å²) in [6.45, 7) is 12.0. The number of carbonyl (C=O) groups is 4. The quantitative estimate of drug-likeness (QED) is 0.319. The Morgan fingerprint density at radius 3 is 2.20 bits per heavy atom. The second-order valence-corrected chi connectivity index (χ2v) is 11.5. The number of benzene rings is 2. The van der Waals surface area contributed by atoms with Crippen LogP contribution in [0.25, 0.3) is 0 Å². The lowest BCUT2D eigenvalue weighted by Gasteiger charge is -2.44. The molecule has 0 aliphatic carbocycles. The number of alkyl carbamates (subject to hydrolysis) is 1. The molecule has 2 aromatic carbocycles. The van der Waals surface area contributed by atoms with Gasteiger partial charge < -0.3 is 31.1 Å². The fourth-order valence-electron chi connectivity index (χ4n) is 4.06. The summed E-state index contributed by atoms with van der Waals surface area (Å²) in [6.07, 6.45) is -1.11. The van der Waals surface area contributed by atoms with Crippen LogP contribution in [0.1, 0.15) is 71.6 Å². The Bertz CT molecular complexity index is 1240. The number of phenols is 1. The number of nitrogens with zero attached hydrogens (tertiary/aromatic N) is 1. The number of nitrogens with one attached hydrogen (secondary N) is 2. The molecule has 2 rings (SSSR count). The number of carbonyl (C=O) groups excluding carboxylic acids is 4. The molecule has 5 N–H and O–H groups in total. The number of hydrogen-bond donors (Lipinski definition) is 4. The average molecular weight is 575 g/mol. The van der Waals surface area contributed by atoms with Crippen LogP contribution in [0.5, 0.6) is 5.75 Å². The lowest BCUT2D eigenvalue weighted by atomic mass is 9.91. The van der Waals surface area contributed by atoms with Crippen LogP contribution in [0, 0.1) is 6.92 Å². The fraction of sp³-hybridized carbons (Fsp3) is 0.448. The normalized spacial score (nSPS) is 13.1. The van der Waals surface area contributed by atoms with Gasteiger partial charge in [0.25, 0.3) is 5.91 Å². The number of primary amides is 1. The zero-order valence-electron chi connectivity index (χ0n) is 24.0. The highest BCUT2D eigenvalue weighted by Crippen LogP contribution is 2.37. The topological polar surface area (TPSA) is 151 Å². The Hall–Kier alpha value is -3.79. The van der Waals surface area contributed by atoms with Gasteiger partial charge in [-0.15, -0.1) is 0 Å². The Kier molecular flexibility index (Phi) is 10.6. The zero-order valence-corrected chi connectivity index (χ0v) is 24.8. The molecule has 0 aliphatic rings. The Morgan fingerprint density at radius 2 is 1.68 bits per heavy atom. The summed E-state index contributed by atoms with van der Waals surface area (Å²) in [5, 5.41) is 16.4. The number of aryl methyl sites for hydroxylation is 1. The van der Waals surface area contributed by atoms with E-state index in [4.69, 9.17) is 22.1 Å². The van der Waals surface area contributed by atoms with Gasteiger partial charge in [-0.1, -0.05) is 48.9 Å². The van der Waals surface area contributed by atoms with E-state index in [2.05, 4.69) is 10.6 Å². The van der Waals surface area contributed by atoms with Crippen molar-refractivity contribution in [2.75, 3.05) is 5.32 Å². The standard InChI is InChI=1S/C29H39ClN4O6/c1-8-29(6,7)34(26(38)20(16-22(31)36)32-27(39)40-28(3,4)5)24(18-13-9-10-15-21(18)35)25(37)33-23-17(2)12-11-14-19(23)30/h9-15,20,24,35H,8,16H2,1-7H3,(H2,31,36)(H,32,39)(H,33,37). The molecular formula is C29H39ClN4O6. The number of halogens is 1. The Morgan fingerprint density at radius 1 is 1.05 bits per heavy atom. The second kappa shape index (κ2) is 13.0. The van der Waals surface area contributed by atoms with E-state index >= 15 is 0 Å². The smallest absolute Gasteiger partial charge is 0.408 e. The minimum atomic E-state index is -1.46. The van der Waals surface area contributed by atoms with Crippen LogP contribution in [0.15, 0.2) is 42.5 Å². The van der Waals surface area contributed by atoms with Crippen molar-refractivity contribution in [1.82, 2.24) is 10.2 Å². The van der Waals surface area contributed by atoms with Crippen molar-refractivity contribution in [3.05, 3.63) is 58.6 Å². The lowest BCUT2D eigenvalue weighted by Crippen LogP contribution is -2.59. The van der Waals surface area contributed by atoms with Gasteiger partial charge >= 0.3 is 6.09 Å². The molecule has 2 unspecified atom stereocenters. The summed E-state index contributed by atoms with van der Waals surface area (Å²) in [4.78, 5) is 54.2. The van der Waals surface area contributed by atoms with E-state index in [1.54, 1.807) is 71.9 Å². The van der Waals surface area contributed by atoms with E-state index in [9.17, 15) is 24.3 Å². The number of hydrogen-bond acceptors (Lipinski definition) is 6. The van der Waals surface area contributed by atoms with Gasteiger partial charge in [-0.3, -0.25) is 14.4 Å². The number of aromatic hydroxyl groups is 1. The molecule has 0 saturated heterocycles. The highest BCUT2D eigenvalue weighted by Gasteiger charge is 2.44. The number of rotatable bonds is 10. The largest absolute Gasteiger partial charge is 0.508 e. The molecular weight excluding hydrogens is 536 g/mol. The van der Waals surface area contributed by atoms with Crippen molar-refractivity contribution in [2.45, 2.75) is 84.5 Å². The van der Waals surface area contributed by atoms with E-state index in [0.717, 1.165) is 0 Å². The summed E-state index contributed by atoms with van der Waals surface area (Å²) < 4.78 is 5.30. The monoisotopic (exact) mass is 574 g/mol. The van der Waals surface area contributed by atoms with Crippen molar-refractivity contribution >= 4 is 41.1 Å². The molecule has 218 valence electrons. The molecule has 0 spiro atoms.